The second-order valence-electron chi connectivity index (χ2n) is 6.05. The van der Waals surface area contributed by atoms with Gasteiger partial charge in [-0.2, -0.15) is 0 Å². The number of carbonyl (C=O) groups is 2. The van der Waals surface area contributed by atoms with Gasteiger partial charge in [-0.25, -0.2) is 8.78 Å². The van der Waals surface area contributed by atoms with Crippen molar-refractivity contribution in [2.75, 3.05) is 6.54 Å². The van der Waals surface area contributed by atoms with Crippen molar-refractivity contribution in [3.8, 4) is 0 Å². The van der Waals surface area contributed by atoms with Gasteiger partial charge in [-0.15, -0.1) is 0 Å². The van der Waals surface area contributed by atoms with Crippen molar-refractivity contribution in [3.63, 3.8) is 0 Å². The molecule has 0 radical (unpaired) electrons. The van der Waals surface area contributed by atoms with Gasteiger partial charge in [-0.3, -0.25) is 9.59 Å². The molecule has 0 spiro atoms. The standard InChI is InChI=1S/C13H18F2N2O2/c1-13(8-4-5-8)12(19)16-10(7-2-3-7)11(18)17(13)6-9(14)15/h7-10H,2-6H2,1H3,(H,16,19). The van der Waals surface area contributed by atoms with Crippen molar-refractivity contribution >= 4 is 11.8 Å². The zero-order chi connectivity index (χ0) is 13.8. The summed E-state index contributed by atoms with van der Waals surface area (Å²) in [5.74, 6) is -0.417. The van der Waals surface area contributed by atoms with E-state index in [9.17, 15) is 18.4 Å². The predicted molar refractivity (Wildman–Crippen MR) is 63.5 cm³/mol. The Morgan fingerprint density at radius 1 is 1.32 bits per heavy atom. The van der Waals surface area contributed by atoms with E-state index in [1.54, 1.807) is 6.92 Å². The lowest BCUT2D eigenvalue weighted by Crippen LogP contribution is -2.71. The van der Waals surface area contributed by atoms with Crippen molar-refractivity contribution < 1.29 is 18.4 Å². The Labute approximate surface area is 110 Å². The Morgan fingerprint density at radius 2 is 1.95 bits per heavy atom. The molecule has 3 aliphatic rings. The summed E-state index contributed by atoms with van der Waals surface area (Å²) in [7, 11) is 0. The molecule has 1 aliphatic heterocycles. The third-order valence-electron chi connectivity index (χ3n) is 4.63. The van der Waals surface area contributed by atoms with Crippen LogP contribution in [0.15, 0.2) is 0 Å². The SMILES string of the molecule is CC1(C2CC2)C(=O)NC(C2CC2)C(=O)N1CC(F)F. The van der Waals surface area contributed by atoms with Crippen LogP contribution >= 0.6 is 0 Å². The monoisotopic (exact) mass is 272 g/mol. The minimum atomic E-state index is -2.60. The first-order valence-corrected chi connectivity index (χ1v) is 6.85. The van der Waals surface area contributed by atoms with Gasteiger partial charge in [0.2, 0.25) is 11.8 Å². The Kier molecular flexibility index (Phi) is 2.80. The summed E-state index contributed by atoms with van der Waals surface area (Å²) in [6.07, 6.45) is 0.821. The van der Waals surface area contributed by atoms with Gasteiger partial charge in [0.1, 0.15) is 11.6 Å². The van der Waals surface area contributed by atoms with Gasteiger partial charge < -0.3 is 10.2 Å². The van der Waals surface area contributed by atoms with Crippen LogP contribution in [0, 0.1) is 11.8 Å². The van der Waals surface area contributed by atoms with E-state index in [1.165, 1.54) is 0 Å². The molecule has 2 atom stereocenters. The zero-order valence-corrected chi connectivity index (χ0v) is 10.9. The molecule has 0 aromatic carbocycles. The fourth-order valence-corrected chi connectivity index (χ4v) is 3.09. The molecule has 6 heteroatoms. The number of nitrogens with one attached hydrogen (secondary N) is 1. The average Bonchev–Trinajstić information content (AvgIpc) is 3.17. The topological polar surface area (TPSA) is 49.4 Å². The Morgan fingerprint density at radius 3 is 2.42 bits per heavy atom. The number of hydrogen-bond acceptors (Lipinski definition) is 2. The first kappa shape index (κ1) is 12.8. The van der Waals surface area contributed by atoms with Crippen LogP contribution in [0.4, 0.5) is 8.78 Å². The lowest BCUT2D eigenvalue weighted by molar-refractivity contribution is -0.161. The molecule has 0 aromatic rings. The summed E-state index contributed by atoms with van der Waals surface area (Å²) < 4.78 is 25.5. The number of piperazine rings is 1. The maximum absolute atomic E-state index is 12.8. The summed E-state index contributed by atoms with van der Waals surface area (Å²) in [5.41, 5.74) is -1.08. The van der Waals surface area contributed by atoms with Crippen molar-refractivity contribution in [2.45, 2.75) is 50.6 Å². The van der Waals surface area contributed by atoms with Crippen molar-refractivity contribution in [1.29, 1.82) is 0 Å². The Bertz CT molecular complexity index is 421. The highest BCUT2D eigenvalue weighted by molar-refractivity contribution is 6.00. The van der Waals surface area contributed by atoms with Crippen LogP contribution in [-0.2, 0) is 9.59 Å². The molecule has 0 aromatic heterocycles. The minimum Gasteiger partial charge on any atom is -0.342 e. The molecular weight excluding hydrogens is 254 g/mol. The minimum absolute atomic E-state index is 0.0235. The van der Waals surface area contributed by atoms with Gasteiger partial charge >= 0.3 is 0 Å². The van der Waals surface area contributed by atoms with E-state index in [0.29, 0.717) is 0 Å². The quantitative estimate of drug-likeness (QED) is 0.835. The second kappa shape index (κ2) is 4.15. The molecule has 3 fully saturated rings. The summed E-state index contributed by atoms with van der Waals surface area (Å²) >= 11 is 0. The van der Waals surface area contributed by atoms with Gasteiger partial charge in [-0.1, -0.05) is 0 Å². The third-order valence-corrected chi connectivity index (χ3v) is 4.63. The van der Waals surface area contributed by atoms with Crippen LogP contribution in [-0.4, -0.2) is 41.3 Å². The predicted octanol–water partition coefficient (Wildman–Crippen LogP) is 1.16. The molecule has 1 saturated heterocycles. The molecule has 2 amide bonds. The maximum atomic E-state index is 12.8. The van der Waals surface area contributed by atoms with Gasteiger partial charge in [0, 0.05) is 0 Å². The van der Waals surface area contributed by atoms with E-state index in [2.05, 4.69) is 5.32 Å². The van der Waals surface area contributed by atoms with E-state index in [4.69, 9.17) is 0 Å². The third kappa shape index (κ3) is 2.01. The maximum Gasteiger partial charge on any atom is 0.255 e. The molecule has 106 valence electrons. The number of alkyl halides is 2. The van der Waals surface area contributed by atoms with E-state index in [-0.39, 0.29) is 23.7 Å². The van der Waals surface area contributed by atoms with Crippen molar-refractivity contribution in [2.24, 2.45) is 11.8 Å². The van der Waals surface area contributed by atoms with Gasteiger partial charge in [0.05, 0.1) is 6.54 Å². The van der Waals surface area contributed by atoms with Crippen LogP contribution in [0.5, 0.6) is 0 Å². The summed E-state index contributed by atoms with van der Waals surface area (Å²) in [6.45, 7) is 0.992. The van der Waals surface area contributed by atoms with Crippen molar-refractivity contribution in [1.82, 2.24) is 10.2 Å². The lowest BCUT2D eigenvalue weighted by Gasteiger charge is -2.46. The number of amides is 2. The van der Waals surface area contributed by atoms with Crippen LogP contribution in [0.1, 0.15) is 32.6 Å². The molecule has 1 N–H and O–H groups in total. The molecule has 19 heavy (non-hydrogen) atoms. The van der Waals surface area contributed by atoms with Crippen LogP contribution in [0.2, 0.25) is 0 Å². The fraction of sp³-hybridized carbons (Fsp3) is 0.846. The van der Waals surface area contributed by atoms with E-state index in [1.807, 2.05) is 0 Å². The number of hydrogen-bond donors (Lipinski definition) is 1. The largest absolute Gasteiger partial charge is 0.342 e. The van der Waals surface area contributed by atoms with Crippen LogP contribution < -0.4 is 5.32 Å². The summed E-state index contributed by atoms with van der Waals surface area (Å²) in [4.78, 5) is 25.9. The zero-order valence-electron chi connectivity index (χ0n) is 10.9. The molecule has 3 rings (SSSR count). The van der Waals surface area contributed by atoms with Gasteiger partial charge in [-0.05, 0) is 44.4 Å². The first-order valence-electron chi connectivity index (χ1n) is 6.85. The Hall–Kier alpha value is -1.20. The number of rotatable bonds is 4. The van der Waals surface area contributed by atoms with Gasteiger partial charge in [0.25, 0.3) is 6.43 Å². The van der Waals surface area contributed by atoms with Crippen LogP contribution in [0.25, 0.3) is 0 Å². The number of nitrogens with zero attached hydrogens (tertiary/aromatic N) is 1. The molecule has 2 aliphatic carbocycles. The molecular formula is C13H18F2N2O2. The first-order chi connectivity index (χ1) is 8.94. The van der Waals surface area contributed by atoms with Crippen molar-refractivity contribution in [3.05, 3.63) is 0 Å². The lowest BCUT2D eigenvalue weighted by atomic mass is 9.87. The van der Waals surface area contributed by atoms with Crippen LogP contribution in [0.3, 0.4) is 0 Å². The summed E-state index contributed by atoms with van der Waals surface area (Å²) in [5, 5.41) is 2.77. The molecule has 2 saturated carbocycles. The molecule has 1 heterocycles. The highest BCUT2D eigenvalue weighted by atomic mass is 19.3. The van der Waals surface area contributed by atoms with E-state index in [0.717, 1.165) is 30.6 Å². The average molecular weight is 272 g/mol. The second-order valence-corrected chi connectivity index (χ2v) is 6.05. The smallest absolute Gasteiger partial charge is 0.255 e. The highest BCUT2D eigenvalue weighted by Gasteiger charge is 2.59. The number of halogens is 2. The summed E-state index contributed by atoms with van der Waals surface area (Å²) in [6, 6.07) is -0.585. The molecule has 2 unspecified atom stereocenters. The van der Waals surface area contributed by atoms with Gasteiger partial charge in [0.15, 0.2) is 0 Å². The van der Waals surface area contributed by atoms with E-state index >= 15 is 0 Å². The fourth-order valence-electron chi connectivity index (χ4n) is 3.09. The highest BCUT2D eigenvalue weighted by Crippen LogP contribution is 2.46. The number of carbonyl (C=O) groups excluding carboxylic acids is 2. The molecule has 0 bridgehead atoms. The van der Waals surface area contributed by atoms with E-state index < -0.39 is 24.6 Å². The molecule has 4 nitrogen and oxygen atoms in total. The Balaban J connectivity index is 1.89. The normalized spacial score (nSPS) is 35.8.